The minimum absolute atomic E-state index is 0.0335. The molecule has 6 nitrogen and oxygen atoms in total. The molecule has 1 aliphatic rings. The van der Waals surface area contributed by atoms with Crippen LogP contribution in [0.1, 0.15) is 42.9 Å². The van der Waals surface area contributed by atoms with E-state index in [1.165, 1.54) is 7.11 Å². The fourth-order valence-corrected chi connectivity index (χ4v) is 5.81. The normalized spacial score (nSPS) is 23.2. The summed E-state index contributed by atoms with van der Waals surface area (Å²) >= 11 is 0. The van der Waals surface area contributed by atoms with Gasteiger partial charge in [-0.25, -0.2) is 0 Å². The molecule has 5 unspecified atom stereocenters. The van der Waals surface area contributed by atoms with Gasteiger partial charge in [0.15, 0.2) is 0 Å². The molecule has 0 amide bonds. The number of aryl methyl sites for hydroxylation is 1. The maximum absolute atomic E-state index is 13.3. The van der Waals surface area contributed by atoms with E-state index >= 15 is 0 Å². The standard InChI is InChI=1S/C33H40O6/c1-32(35,21-20-25-12-6-3-7-13-25)30(31(34)37-2)28-18-19-29(39-23-27-16-10-5-11-17-27)33(28,36)24-38-22-26-14-8-4-9-15-26/h3-17,28-30,35-36H,18-24H2,1-2H3. The zero-order valence-corrected chi connectivity index (χ0v) is 22.9. The molecule has 0 aliphatic heterocycles. The summed E-state index contributed by atoms with van der Waals surface area (Å²) in [5, 5.41) is 24.0. The maximum atomic E-state index is 13.3. The summed E-state index contributed by atoms with van der Waals surface area (Å²) < 4.78 is 17.5. The van der Waals surface area contributed by atoms with Gasteiger partial charge in [-0.05, 0) is 49.3 Å². The SMILES string of the molecule is COC(=O)C(C1CCC(OCc2ccccc2)C1(O)COCc1ccccc1)C(C)(O)CCc1ccccc1. The summed E-state index contributed by atoms with van der Waals surface area (Å²) in [6.07, 6.45) is 1.38. The average Bonchev–Trinajstić information content (AvgIpc) is 3.27. The molecular weight excluding hydrogens is 492 g/mol. The number of ether oxygens (including phenoxy) is 3. The van der Waals surface area contributed by atoms with Crippen LogP contribution in [0.3, 0.4) is 0 Å². The maximum Gasteiger partial charge on any atom is 0.311 e. The lowest BCUT2D eigenvalue weighted by Gasteiger charge is -2.42. The van der Waals surface area contributed by atoms with Crippen molar-refractivity contribution in [2.45, 2.75) is 63.1 Å². The molecule has 0 bridgehead atoms. The lowest BCUT2D eigenvalue weighted by molar-refractivity contribution is -0.191. The van der Waals surface area contributed by atoms with E-state index in [4.69, 9.17) is 14.2 Å². The largest absolute Gasteiger partial charge is 0.469 e. The van der Waals surface area contributed by atoms with E-state index < -0.39 is 35.1 Å². The number of aliphatic hydroxyl groups is 2. The summed E-state index contributed by atoms with van der Waals surface area (Å²) in [4.78, 5) is 13.3. The molecule has 6 heteroatoms. The zero-order valence-electron chi connectivity index (χ0n) is 22.9. The minimum atomic E-state index is -1.50. The third-order valence-electron chi connectivity index (χ3n) is 7.97. The summed E-state index contributed by atoms with van der Waals surface area (Å²) in [7, 11) is 1.33. The first-order valence-corrected chi connectivity index (χ1v) is 13.7. The van der Waals surface area contributed by atoms with Gasteiger partial charge in [0.1, 0.15) is 5.60 Å². The first kappa shape index (κ1) is 29.0. The summed E-state index contributed by atoms with van der Waals surface area (Å²) in [6, 6.07) is 29.4. The van der Waals surface area contributed by atoms with Gasteiger partial charge in [0.2, 0.25) is 0 Å². The molecule has 208 valence electrons. The minimum Gasteiger partial charge on any atom is -0.469 e. The van der Waals surface area contributed by atoms with Gasteiger partial charge in [0.25, 0.3) is 0 Å². The van der Waals surface area contributed by atoms with Crippen molar-refractivity contribution in [1.29, 1.82) is 0 Å². The second-order valence-electron chi connectivity index (χ2n) is 10.8. The second kappa shape index (κ2) is 13.4. The number of carbonyl (C=O) groups excluding carboxylic acids is 1. The van der Waals surface area contributed by atoms with Crippen LogP contribution in [0, 0.1) is 11.8 Å². The van der Waals surface area contributed by atoms with Crippen molar-refractivity contribution < 1.29 is 29.2 Å². The number of benzene rings is 3. The molecule has 3 aromatic carbocycles. The van der Waals surface area contributed by atoms with Crippen LogP contribution >= 0.6 is 0 Å². The number of hydrogen-bond acceptors (Lipinski definition) is 6. The quantitative estimate of drug-likeness (QED) is 0.298. The van der Waals surface area contributed by atoms with Crippen LogP contribution in [0.25, 0.3) is 0 Å². The van der Waals surface area contributed by atoms with Crippen molar-refractivity contribution in [1.82, 2.24) is 0 Å². The molecule has 0 aromatic heterocycles. The van der Waals surface area contributed by atoms with Crippen molar-refractivity contribution >= 4 is 5.97 Å². The van der Waals surface area contributed by atoms with E-state index in [2.05, 4.69) is 0 Å². The first-order chi connectivity index (χ1) is 18.8. The Balaban J connectivity index is 1.57. The first-order valence-electron chi connectivity index (χ1n) is 13.7. The van der Waals surface area contributed by atoms with E-state index in [-0.39, 0.29) is 6.61 Å². The molecule has 4 rings (SSSR count). The fraction of sp³-hybridized carbons (Fsp3) is 0.424. The zero-order chi connectivity index (χ0) is 27.7. The van der Waals surface area contributed by atoms with Crippen molar-refractivity contribution in [2.24, 2.45) is 11.8 Å². The number of esters is 1. The summed E-state index contributed by atoms with van der Waals surface area (Å²) in [5.74, 6) is -2.11. The summed E-state index contributed by atoms with van der Waals surface area (Å²) in [5.41, 5.74) is 0.122. The number of carbonyl (C=O) groups is 1. The Morgan fingerprint density at radius 3 is 2.00 bits per heavy atom. The lowest BCUT2D eigenvalue weighted by Crippen LogP contribution is -2.56. The molecular formula is C33H40O6. The van der Waals surface area contributed by atoms with E-state index in [0.29, 0.717) is 38.9 Å². The third-order valence-corrected chi connectivity index (χ3v) is 7.97. The van der Waals surface area contributed by atoms with E-state index in [0.717, 1.165) is 16.7 Å². The highest BCUT2D eigenvalue weighted by Crippen LogP contribution is 2.47. The topological polar surface area (TPSA) is 85.2 Å². The van der Waals surface area contributed by atoms with Gasteiger partial charge >= 0.3 is 5.97 Å². The predicted octanol–water partition coefficient (Wildman–Crippen LogP) is 5.10. The van der Waals surface area contributed by atoms with Gasteiger partial charge in [-0.15, -0.1) is 0 Å². The molecule has 1 fully saturated rings. The van der Waals surface area contributed by atoms with Crippen molar-refractivity contribution in [3.63, 3.8) is 0 Å². The fourth-order valence-electron chi connectivity index (χ4n) is 5.81. The smallest absolute Gasteiger partial charge is 0.311 e. The van der Waals surface area contributed by atoms with Crippen LogP contribution in [0.5, 0.6) is 0 Å². The molecule has 0 spiro atoms. The van der Waals surface area contributed by atoms with Gasteiger partial charge < -0.3 is 24.4 Å². The van der Waals surface area contributed by atoms with Crippen molar-refractivity contribution in [2.75, 3.05) is 13.7 Å². The Kier molecular flexibility index (Phi) is 9.92. The Bertz CT molecular complexity index is 1150. The molecule has 2 N–H and O–H groups in total. The highest BCUT2D eigenvalue weighted by atomic mass is 16.5. The van der Waals surface area contributed by atoms with Crippen LogP contribution in [-0.2, 0) is 38.6 Å². The molecule has 0 radical (unpaired) electrons. The monoisotopic (exact) mass is 532 g/mol. The highest BCUT2D eigenvalue weighted by Gasteiger charge is 2.58. The number of rotatable bonds is 13. The highest BCUT2D eigenvalue weighted by molar-refractivity contribution is 5.74. The molecule has 3 aromatic rings. The van der Waals surface area contributed by atoms with Gasteiger partial charge in [-0.2, -0.15) is 0 Å². The molecule has 1 saturated carbocycles. The number of hydrogen-bond donors (Lipinski definition) is 2. The van der Waals surface area contributed by atoms with Crippen LogP contribution < -0.4 is 0 Å². The van der Waals surface area contributed by atoms with Crippen molar-refractivity contribution in [3.8, 4) is 0 Å². The van der Waals surface area contributed by atoms with E-state index in [9.17, 15) is 15.0 Å². The second-order valence-corrected chi connectivity index (χ2v) is 10.8. The lowest BCUT2D eigenvalue weighted by atomic mass is 9.70. The van der Waals surface area contributed by atoms with E-state index in [1.807, 2.05) is 91.0 Å². The molecule has 0 saturated heterocycles. The number of methoxy groups -OCH3 is 1. The van der Waals surface area contributed by atoms with Gasteiger partial charge in [0.05, 0.1) is 44.6 Å². The van der Waals surface area contributed by atoms with E-state index in [1.54, 1.807) is 6.92 Å². The van der Waals surface area contributed by atoms with Crippen LogP contribution in [0.15, 0.2) is 91.0 Å². The van der Waals surface area contributed by atoms with Crippen molar-refractivity contribution in [3.05, 3.63) is 108 Å². The molecule has 1 aliphatic carbocycles. The average molecular weight is 533 g/mol. The van der Waals surface area contributed by atoms with Gasteiger partial charge in [-0.3, -0.25) is 4.79 Å². The molecule has 5 atom stereocenters. The Hall–Kier alpha value is -3.03. The molecule has 0 heterocycles. The Labute approximate surface area is 231 Å². The van der Waals surface area contributed by atoms with Crippen LogP contribution in [-0.4, -0.2) is 47.2 Å². The third kappa shape index (κ3) is 7.34. The van der Waals surface area contributed by atoms with Crippen LogP contribution in [0.4, 0.5) is 0 Å². The Morgan fingerprint density at radius 2 is 1.44 bits per heavy atom. The molecule has 39 heavy (non-hydrogen) atoms. The van der Waals surface area contributed by atoms with Crippen LogP contribution in [0.2, 0.25) is 0 Å². The Morgan fingerprint density at radius 1 is 0.897 bits per heavy atom. The van der Waals surface area contributed by atoms with Gasteiger partial charge in [-0.1, -0.05) is 91.0 Å². The summed E-state index contributed by atoms with van der Waals surface area (Å²) in [6.45, 7) is 2.27. The van der Waals surface area contributed by atoms with Gasteiger partial charge in [0, 0.05) is 5.92 Å². The predicted molar refractivity (Wildman–Crippen MR) is 150 cm³/mol.